The van der Waals surface area contributed by atoms with Crippen molar-refractivity contribution in [3.63, 3.8) is 0 Å². The Bertz CT molecular complexity index is 578. The molecule has 112 valence electrons. The summed E-state index contributed by atoms with van der Waals surface area (Å²) in [6.07, 6.45) is 0. The quantitative estimate of drug-likeness (QED) is 0.774. The Hall–Kier alpha value is -2.03. The van der Waals surface area contributed by atoms with Gasteiger partial charge in [0.2, 0.25) is 0 Å². The second-order valence-corrected chi connectivity index (χ2v) is 5.46. The molecule has 0 heterocycles. The first kappa shape index (κ1) is 15.4. The van der Waals surface area contributed by atoms with E-state index >= 15 is 0 Å². The fourth-order valence-corrected chi connectivity index (χ4v) is 2.06. The summed E-state index contributed by atoms with van der Waals surface area (Å²) in [7, 11) is 0. The van der Waals surface area contributed by atoms with E-state index in [-0.39, 0.29) is 5.82 Å². The highest BCUT2D eigenvalue weighted by molar-refractivity contribution is 5.43. The van der Waals surface area contributed by atoms with Gasteiger partial charge in [-0.1, -0.05) is 26.0 Å². The third kappa shape index (κ3) is 4.48. The van der Waals surface area contributed by atoms with Crippen LogP contribution in [0.25, 0.3) is 0 Å². The van der Waals surface area contributed by atoms with Crippen molar-refractivity contribution in [2.24, 2.45) is 0 Å². The lowest BCUT2D eigenvalue weighted by molar-refractivity contribution is 0.330. The predicted molar refractivity (Wildman–Crippen MR) is 85.7 cm³/mol. The number of benzene rings is 2. The molecule has 0 saturated heterocycles. The highest BCUT2D eigenvalue weighted by atomic mass is 19.1. The second kappa shape index (κ2) is 7.11. The van der Waals surface area contributed by atoms with Gasteiger partial charge in [0.1, 0.15) is 18.2 Å². The van der Waals surface area contributed by atoms with Gasteiger partial charge in [0.15, 0.2) is 0 Å². The molecule has 0 amide bonds. The molecule has 1 N–H and O–H groups in total. The van der Waals surface area contributed by atoms with Crippen molar-refractivity contribution >= 4 is 5.69 Å². The highest BCUT2D eigenvalue weighted by Crippen LogP contribution is 2.24. The molecule has 0 unspecified atom stereocenters. The van der Waals surface area contributed by atoms with E-state index in [2.05, 4.69) is 37.4 Å². The van der Waals surface area contributed by atoms with E-state index < -0.39 is 0 Å². The minimum absolute atomic E-state index is 0.224. The summed E-state index contributed by atoms with van der Waals surface area (Å²) in [5.41, 5.74) is 3.32. The summed E-state index contributed by atoms with van der Waals surface area (Å²) in [4.78, 5) is 0. The van der Waals surface area contributed by atoms with Crippen LogP contribution in [0.15, 0.2) is 42.5 Å². The summed E-state index contributed by atoms with van der Waals surface area (Å²) >= 11 is 0. The van der Waals surface area contributed by atoms with Gasteiger partial charge >= 0.3 is 0 Å². The van der Waals surface area contributed by atoms with Crippen molar-refractivity contribution < 1.29 is 9.13 Å². The number of aryl methyl sites for hydroxylation is 1. The molecule has 0 atom stereocenters. The normalized spacial score (nSPS) is 10.7. The third-order valence-corrected chi connectivity index (χ3v) is 3.41. The number of hydrogen-bond donors (Lipinski definition) is 1. The van der Waals surface area contributed by atoms with Gasteiger partial charge in [-0.2, -0.15) is 0 Å². The van der Waals surface area contributed by atoms with Gasteiger partial charge in [-0.05, 0) is 54.3 Å². The number of halogens is 1. The molecule has 0 aromatic heterocycles. The molecule has 3 heteroatoms. The zero-order chi connectivity index (χ0) is 15.2. The van der Waals surface area contributed by atoms with Crippen molar-refractivity contribution in [1.82, 2.24) is 0 Å². The van der Waals surface area contributed by atoms with Crippen LogP contribution in [0.5, 0.6) is 5.75 Å². The zero-order valence-electron chi connectivity index (χ0n) is 12.8. The standard InChI is InChI=1S/C18H22FNO/c1-13(2)15-5-4-14(3)18(12-15)21-11-10-20-17-8-6-16(19)7-9-17/h4-9,12-13,20H,10-11H2,1-3H3. The molecule has 0 saturated carbocycles. The monoisotopic (exact) mass is 287 g/mol. The van der Waals surface area contributed by atoms with Crippen LogP contribution in [0.2, 0.25) is 0 Å². The van der Waals surface area contributed by atoms with Crippen LogP contribution < -0.4 is 10.1 Å². The largest absolute Gasteiger partial charge is 0.491 e. The smallest absolute Gasteiger partial charge is 0.123 e. The topological polar surface area (TPSA) is 21.3 Å². The molecule has 2 nitrogen and oxygen atoms in total. The summed E-state index contributed by atoms with van der Waals surface area (Å²) in [6, 6.07) is 12.7. The van der Waals surface area contributed by atoms with Crippen LogP contribution in [-0.2, 0) is 0 Å². The van der Waals surface area contributed by atoms with E-state index in [0.29, 0.717) is 19.1 Å². The van der Waals surface area contributed by atoms with Crippen molar-refractivity contribution in [2.45, 2.75) is 26.7 Å². The second-order valence-electron chi connectivity index (χ2n) is 5.46. The minimum atomic E-state index is -0.224. The molecule has 21 heavy (non-hydrogen) atoms. The van der Waals surface area contributed by atoms with Gasteiger partial charge in [-0.15, -0.1) is 0 Å². The molecule has 0 fully saturated rings. The Morgan fingerprint density at radius 1 is 1.10 bits per heavy atom. The Balaban J connectivity index is 1.85. The first-order valence-corrected chi connectivity index (χ1v) is 7.29. The first-order chi connectivity index (χ1) is 10.1. The summed E-state index contributed by atoms with van der Waals surface area (Å²) in [5, 5.41) is 3.21. The Morgan fingerprint density at radius 2 is 1.81 bits per heavy atom. The maximum Gasteiger partial charge on any atom is 0.123 e. The molecule has 0 radical (unpaired) electrons. The lowest BCUT2D eigenvalue weighted by Gasteiger charge is -2.13. The first-order valence-electron chi connectivity index (χ1n) is 7.29. The Morgan fingerprint density at radius 3 is 2.48 bits per heavy atom. The fourth-order valence-electron chi connectivity index (χ4n) is 2.06. The van der Waals surface area contributed by atoms with Gasteiger partial charge in [-0.3, -0.25) is 0 Å². The molecular weight excluding hydrogens is 265 g/mol. The van der Waals surface area contributed by atoms with Crippen molar-refractivity contribution in [3.05, 3.63) is 59.4 Å². The minimum Gasteiger partial charge on any atom is -0.491 e. The fraction of sp³-hybridized carbons (Fsp3) is 0.333. The molecular formula is C18H22FNO. The summed E-state index contributed by atoms with van der Waals surface area (Å²) in [6.45, 7) is 7.64. The lowest BCUT2D eigenvalue weighted by atomic mass is 10.0. The Labute approximate surface area is 126 Å². The van der Waals surface area contributed by atoms with E-state index in [1.165, 1.54) is 17.7 Å². The molecule has 0 aliphatic carbocycles. The van der Waals surface area contributed by atoms with Crippen LogP contribution in [0.3, 0.4) is 0 Å². The molecule has 2 aromatic carbocycles. The van der Waals surface area contributed by atoms with E-state index in [1.54, 1.807) is 12.1 Å². The average Bonchev–Trinajstić information content (AvgIpc) is 2.47. The van der Waals surface area contributed by atoms with Crippen molar-refractivity contribution in [2.75, 3.05) is 18.5 Å². The van der Waals surface area contributed by atoms with Gasteiger partial charge < -0.3 is 10.1 Å². The maximum absolute atomic E-state index is 12.8. The molecule has 0 aliphatic rings. The summed E-state index contributed by atoms with van der Waals surface area (Å²) < 4.78 is 18.6. The van der Waals surface area contributed by atoms with E-state index in [0.717, 1.165) is 17.0 Å². The zero-order valence-corrected chi connectivity index (χ0v) is 12.8. The lowest BCUT2D eigenvalue weighted by Crippen LogP contribution is -2.12. The molecule has 0 bridgehead atoms. The maximum atomic E-state index is 12.8. The van der Waals surface area contributed by atoms with Crippen LogP contribution in [-0.4, -0.2) is 13.2 Å². The molecule has 2 rings (SSSR count). The van der Waals surface area contributed by atoms with Gasteiger partial charge in [0.05, 0.1) is 0 Å². The Kier molecular flexibility index (Phi) is 5.20. The average molecular weight is 287 g/mol. The van der Waals surface area contributed by atoms with Crippen LogP contribution in [0.1, 0.15) is 30.9 Å². The van der Waals surface area contributed by atoms with Crippen molar-refractivity contribution in [1.29, 1.82) is 0 Å². The van der Waals surface area contributed by atoms with Crippen LogP contribution in [0, 0.1) is 12.7 Å². The van der Waals surface area contributed by atoms with Crippen molar-refractivity contribution in [3.8, 4) is 5.75 Å². The SMILES string of the molecule is Cc1ccc(C(C)C)cc1OCCNc1ccc(F)cc1. The molecule has 2 aromatic rings. The third-order valence-electron chi connectivity index (χ3n) is 3.41. The summed E-state index contributed by atoms with van der Waals surface area (Å²) in [5.74, 6) is 1.20. The van der Waals surface area contributed by atoms with E-state index in [4.69, 9.17) is 4.74 Å². The van der Waals surface area contributed by atoms with Gasteiger partial charge in [-0.25, -0.2) is 4.39 Å². The number of rotatable bonds is 6. The predicted octanol–water partition coefficient (Wildman–Crippen LogP) is 4.75. The number of hydrogen-bond acceptors (Lipinski definition) is 2. The van der Waals surface area contributed by atoms with E-state index in [1.807, 2.05) is 6.92 Å². The number of ether oxygens (including phenoxy) is 1. The number of nitrogens with one attached hydrogen (secondary N) is 1. The van der Waals surface area contributed by atoms with Crippen LogP contribution >= 0.6 is 0 Å². The van der Waals surface area contributed by atoms with E-state index in [9.17, 15) is 4.39 Å². The van der Waals surface area contributed by atoms with Crippen LogP contribution in [0.4, 0.5) is 10.1 Å². The van der Waals surface area contributed by atoms with Gasteiger partial charge in [0, 0.05) is 12.2 Å². The highest BCUT2D eigenvalue weighted by Gasteiger charge is 2.04. The van der Waals surface area contributed by atoms with Gasteiger partial charge in [0.25, 0.3) is 0 Å². The molecule has 0 aliphatic heterocycles. The number of anilines is 1. The molecule has 0 spiro atoms.